The summed E-state index contributed by atoms with van der Waals surface area (Å²) in [5.74, 6) is 0.172. The molecule has 0 amide bonds. The van der Waals surface area contributed by atoms with Crippen LogP contribution in [0.2, 0.25) is 0 Å². The quantitative estimate of drug-likeness (QED) is 0.524. The molecule has 0 fully saturated rings. The molecular weight excluding hydrogens is 234 g/mol. The minimum absolute atomic E-state index is 0.172. The van der Waals surface area contributed by atoms with Crippen LogP contribution in [0.15, 0.2) is 55.6 Å². The zero-order valence-electron chi connectivity index (χ0n) is 11.9. The maximum atomic E-state index is 12.5. The first kappa shape index (κ1) is 15.4. The third-order valence-corrected chi connectivity index (χ3v) is 3.04. The summed E-state index contributed by atoms with van der Waals surface area (Å²) < 4.78 is 0. The molecule has 2 nitrogen and oxygen atoms in total. The van der Waals surface area contributed by atoms with Gasteiger partial charge >= 0.3 is 0 Å². The number of Topliss-reactive ketones (excluding diaryl/α,β-unsaturated/α-hetero) is 1. The average molecular weight is 257 g/mol. The fraction of sp³-hybridized carbons (Fsp3) is 0.353. The summed E-state index contributed by atoms with van der Waals surface area (Å²) in [4.78, 5) is 14.7. The van der Waals surface area contributed by atoms with Crippen LogP contribution in [-0.4, -0.2) is 30.3 Å². The van der Waals surface area contributed by atoms with E-state index in [1.165, 1.54) is 0 Å². The smallest absolute Gasteiger partial charge is 0.169 e. The Morgan fingerprint density at radius 1 is 1.16 bits per heavy atom. The first-order chi connectivity index (χ1) is 9.01. The molecule has 102 valence electrons. The lowest BCUT2D eigenvalue weighted by molar-refractivity contribution is 0.0781. The predicted octanol–water partition coefficient (Wildman–Crippen LogP) is 3.57. The van der Waals surface area contributed by atoms with E-state index in [0.717, 1.165) is 18.7 Å². The summed E-state index contributed by atoms with van der Waals surface area (Å²) in [6, 6.07) is 9.46. The van der Waals surface area contributed by atoms with Gasteiger partial charge in [0, 0.05) is 30.6 Å². The third kappa shape index (κ3) is 4.49. The lowest BCUT2D eigenvalue weighted by Crippen LogP contribution is -2.39. The van der Waals surface area contributed by atoms with Gasteiger partial charge in [0.15, 0.2) is 5.78 Å². The standard InChI is InChI=1S/C17H23NO/c1-5-12-18(13-6-2)14-17(3,4)16(19)15-10-8-7-9-11-15/h5-11H,1-2,12-14H2,3-4H3. The maximum Gasteiger partial charge on any atom is 0.169 e. The molecular formula is C17H23NO. The second-order valence-electron chi connectivity index (χ2n) is 5.35. The van der Waals surface area contributed by atoms with Crippen molar-refractivity contribution in [3.8, 4) is 0 Å². The van der Waals surface area contributed by atoms with Gasteiger partial charge in [0.25, 0.3) is 0 Å². The largest absolute Gasteiger partial charge is 0.295 e. The Kier molecular flexibility index (Phi) is 5.71. The van der Waals surface area contributed by atoms with Crippen LogP contribution >= 0.6 is 0 Å². The van der Waals surface area contributed by atoms with Crippen LogP contribution in [0.4, 0.5) is 0 Å². The Morgan fingerprint density at radius 3 is 2.16 bits per heavy atom. The highest BCUT2D eigenvalue weighted by atomic mass is 16.1. The minimum Gasteiger partial charge on any atom is -0.295 e. The summed E-state index contributed by atoms with van der Waals surface area (Å²) in [6.07, 6.45) is 3.71. The van der Waals surface area contributed by atoms with Crippen molar-refractivity contribution in [1.82, 2.24) is 4.90 Å². The SMILES string of the molecule is C=CCN(CC=C)CC(C)(C)C(=O)c1ccccc1. The van der Waals surface area contributed by atoms with Gasteiger partial charge in [-0.3, -0.25) is 9.69 Å². The van der Waals surface area contributed by atoms with Crippen molar-refractivity contribution in [3.63, 3.8) is 0 Å². The van der Waals surface area contributed by atoms with Crippen molar-refractivity contribution in [2.45, 2.75) is 13.8 Å². The number of rotatable bonds is 8. The first-order valence-electron chi connectivity index (χ1n) is 6.55. The normalized spacial score (nSPS) is 11.3. The molecule has 2 heteroatoms. The summed E-state index contributed by atoms with van der Waals surface area (Å²) >= 11 is 0. The molecule has 0 N–H and O–H groups in total. The average Bonchev–Trinajstić information content (AvgIpc) is 2.39. The topological polar surface area (TPSA) is 20.3 Å². The fourth-order valence-electron chi connectivity index (χ4n) is 2.18. The van der Waals surface area contributed by atoms with E-state index in [4.69, 9.17) is 0 Å². The summed E-state index contributed by atoms with van der Waals surface area (Å²) in [6.45, 7) is 13.7. The van der Waals surface area contributed by atoms with Crippen LogP contribution in [0.1, 0.15) is 24.2 Å². The lowest BCUT2D eigenvalue weighted by Gasteiger charge is -2.30. The second kappa shape index (κ2) is 7.05. The van der Waals surface area contributed by atoms with Gasteiger partial charge in [-0.2, -0.15) is 0 Å². The Labute approximate surface area is 116 Å². The van der Waals surface area contributed by atoms with Crippen LogP contribution in [0, 0.1) is 5.41 Å². The number of nitrogens with zero attached hydrogens (tertiary/aromatic N) is 1. The van der Waals surface area contributed by atoms with E-state index in [1.807, 2.05) is 56.3 Å². The predicted molar refractivity (Wildman–Crippen MR) is 81.4 cm³/mol. The molecule has 0 atom stereocenters. The number of hydrogen-bond acceptors (Lipinski definition) is 2. The van der Waals surface area contributed by atoms with E-state index in [-0.39, 0.29) is 5.78 Å². The Bertz CT molecular complexity index is 424. The first-order valence-corrected chi connectivity index (χ1v) is 6.55. The van der Waals surface area contributed by atoms with Crippen LogP contribution in [0.3, 0.4) is 0 Å². The second-order valence-corrected chi connectivity index (χ2v) is 5.35. The molecule has 0 heterocycles. The van der Waals surface area contributed by atoms with Gasteiger partial charge in [0.05, 0.1) is 0 Å². The molecule has 1 aromatic carbocycles. The van der Waals surface area contributed by atoms with E-state index in [2.05, 4.69) is 18.1 Å². The van der Waals surface area contributed by atoms with Crippen LogP contribution in [0.5, 0.6) is 0 Å². The highest BCUT2D eigenvalue weighted by Gasteiger charge is 2.30. The minimum atomic E-state index is -0.423. The van der Waals surface area contributed by atoms with Crippen molar-refractivity contribution < 1.29 is 4.79 Å². The van der Waals surface area contributed by atoms with E-state index in [9.17, 15) is 4.79 Å². The van der Waals surface area contributed by atoms with Gasteiger partial charge in [-0.15, -0.1) is 13.2 Å². The molecule has 0 unspecified atom stereocenters. The molecule has 1 rings (SSSR count). The van der Waals surface area contributed by atoms with Gasteiger partial charge in [-0.05, 0) is 0 Å². The van der Waals surface area contributed by atoms with Crippen molar-refractivity contribution in [3.05, 3.63) is 61.2 Å². The van der Waals surface area contributed by atoms with E-state index < -0.39 is 5.41 Å². The number of benzene rings is 1. The highest BCUT2D eigenvalue weighted by Crippen LogP contribution is 2.23. The summed E-state index contributed by atoms with van der Waals surface area (Å²) in [7, 11) is 0. The molecule has 0 saturated carbocycles. The molecule has 0 radical (unpaired) electrons. The molecule has 0 saturated heterocycles. The monoisotopic (exact) mass is 257 g/mol. The number of ketones is 1. The third-order valence-electron chi connectivity index (χ3n) is 3.04. The summed E-state index contributed by atoms with van der Waals surface area (Å²) in [5.41, 5.74) is 0.345. The Balaban J connectivity index is 2.81. The molecule has 1 aromatic rings. The molecule has 0 aromatic heterocycles. The van der Waals surface area contributed by atoms with E-state index >= 15 is 0 Å². The van der Waals surface area contributed by atoms with Crippen molar-refractivity contribution in [2.24, 2.45) is 5.41 Å². The molecule has 0 bridgehead atoms. The highest BCUT2D eigenvalue weighted by molar-refractivity contribution is 6.00. The maximum absolute atomic E-state index is 12.5. The van der Waals surface area contributed by atoms with Crippen molar-refractivity contribution >= 4 is 5.78 Å². The van der Waals surface area contributed by atoms with Gasteiger partial charge < -0.3 is 0 Å². The molecule has 0 aliphatic carbocycles. The van der Waals surface area contributed by atoms with E-state index in [1.54, 1.807) is 0 Å². The molecule has 19 heavy (non-hydrogen) atoms. The number of carbonyl (C=O) groups excluding carboxylic acids is 1. The zero-order chi connectivity index (χ0) is 14.3. The van der Waals surface area contributed by atoms with Gasteiger partial charge in [0.2, 0.25) is 0 Å². The Hall–Kier alpha value is -1.67. The fourth-order valence-corrected chi connectivity index (χ4v) is 2.18. The van der Waals surface area contributed by atoms with Crippen LogP contribution < -0.4 is 0 Å². The molecule has 0 aliphatic heterocycles. The molecule has 0 aliphatic rings. The zero-order valence-corrected chi connectivity index (χ0v) is 11.9. The van der Waals surface area contributed by atoms with Crippen LogP contribution in [0.25, 0.3) is 0 Å². The van der Waals surface area contributed by atoms with Crippen LogP contribution in [-0.2, 0) is 0 Å². The van der Waals surface area contributed by atoms with Gasteiger partial charge in [0.1, 0.15) is 0 Å². The number of hydrogen-bond donors (Lipinski definition) is 0. The Morgan fingerprint density at radius 2 is 1.68 bits per heavy atom. The van der Waals surface area contributed by atoms with E-state index in [0.29, 0.717) is 6.54 Å². The summed E-state index contributed by atoms with van der Waals surface area (Å²) in [5, 5.41) is 0. The van der Waals surface area contributed by atoms with Crippen molar-refractivity contribution in [1.29, 1.82) is 0 Å². The number of carbonyl (C=O) groups is 1. The lowest BCUT2D eigenvalue weighted by atomic mass is 9.83. The molecule has 0 spiro atoms. The van der Waals surface area contributed by atoms with Crippen molar-refractivity contribution in [2.75, 3.05) is 19.6 Å². The van der Waals surface area contributed by atoms with Gasteiger partial charge in [-0.25, -0.2) is 0 Å². The van der Waals surface area contributed by atoms with Gasteiger partial charge in [-0.1, -0.05) is 56.3 Å².